The fourth-order valence-electron chi connectivity index (χ4n) is 3.42. The van der Waals surface area contributed by atoms with E-state index in [0.717, 1.165) is 62.7 Å². The molecule has 2 aromatic heterocycles. The molecule has 0 unspecified atom stereocenters. The maximum atomic E-state index is 12.7. The number of rotatable bonds is 3. The Bertz CT molecular complexity index is 663. The molecule has 2 aliphatic heterocycles. The number of nitrogens with zero attached hydrogens (tertiary/aromatic N) is 3. The minimum atomic E-state index is 0.0171. The average molecular weight is 332 g/mol. The van der Waals surface area contributed by atoms with E-state index in [1.165, 1.54) is 0 Å². The van der Waals surface area contributed by atoms with E-state index in [0.29, 0.717) is 5.92 Å². The molecule has 4 heterocycles. The van der Waals surface area contributed by atoms with Crippen LogP contribution in [-0.4, -0.2) is 45.7 Å². The largest absolute Gasteiger partial charge is 0.381 e. The van der Waals surface area contributed by atoms with E-state index in [1.54, 1.807) is 11.3 Å². The summed E-state index contributed by atoms with van der Waals surface area (Å²) in [5, 5.41) is 11.3. The van der Waals surface area contributed by atoms with Gasteiger partial charge in [0.1, 0.15) is 5.82 Å². The van der Waals surface area contributed by atoms with Crippen LogP contribution in [-0.2, 0) is 4.74 Å². The fraction of sp³-hybridized carbons (Fsp3) is 0.562. The van der Waals surface area contributed by atoms with Gasteiger partial charge >= 0.3 is 0 Å². The summed E-state index contributed by atoms with van der Waals surface area (Å²) >= 11 is 1.55. The third kappa shape index (κ3) is 2.90. The van der Waals surface area contributed by atoms with Crippen molar-refractivity contribution >= 4 is 17.2 Å². The monoisotopic (exact) mass is 332 g/mol. The maximum absolute atomic E-state index is 12.7. The van der Waals surface area contributed by atoms with Gasteiger partial charge in [-0.25, -0.2) is 4.98 Å². The third-order valence-corrected chi connectivity index (χ3v) is 5.39. The van der Waals surface area contributed by atoms with E-state index in [-0.39, 0.29) is 11.9 Å². The molecule has 0 spiro atoms. The van der Waals surface area contributed by atoms with Crippen molar-refractivity contribution in [3.8, 4) is 0 Å². The number of aromatic amines is 1. The number of carbonyl (C=O) groups excluding carboxylic acids is 1. The van der Waals surface area contributed by atoms with Crippen LogP contribution in [0.5, 0.6) is 0 Å². The summed E-state index contributed by atoms with van der Waals surface area (Å²) in [4.78, 5) is 19.3. The lowest BCUT2D eigenvalue weighted by molar-refractivity contribution is 0.0730. The first-order valence-corrected chi connectivity index (χ1v) is 9.10. The second kappa shape index (κ2) is 6.41. The predicted octanol–water partition coefficient (Wildman–Crippen LogP) is 2.74. The van der Waals surface area contributed by atoms with E-state index in [2.05, 4.69) is 10.2 Å². The number of ether oxygens (including phenoxy) is 1. The van der Waals surface area contributed by atoms with Crippen molar-refractivity contribution in [2.24, 2.45) is 0 Å². The summed E-state index contributed by atoms with van der Waals surface area (Å²) in [7, 11) is 0. The maximum Gasteiger partial charge on any atom is 0.255 e. The zero-order valence-electron chi connectivity index (χ0n) is 12.9. The number of carbonyl (C=O) groups is 1. The van der Waals surface area contributed by atoms with Gasteiger partial charge in [-0.1, -0.05) is 0 Å². The molecule has 0 radical (unpaired) electrons. The van der Waals surface area contributed by atoms with E-state index < -0.39 is 0 Å². The summed E-state index contributed by atoms with van der Waals surface area (Å²) in [6, 6.07) is 1.90. The normalized spacial score (nSPS) is 22.6. The summed E-state index contributed by atoms with van der Waals surface area (Å²) < 4.78 is 5.40. The van der Waals surface area contributed by atoms with Crippen LogP contribution in [0.1, 0.15) is 59.6 Å². The molecule has 0 aromatic carbocycles. The molecule has 1 atom stereocenters. The van der Waals surface area contributed by atoms with Crippen molar-refractivity contribution in [2.75, 3.05) is 19.8 Å². The molecule has 0 saturated carbocycles. The highest BCUT2D eigenvalue weighted by molar-refractivity contribution is 7.08. The van der Waals surface area contributed by atoms with Crippen molar-refractivity contribution in [2.45, 2.75) is 37.6 Å². The van der Waals surface area contributed by atoms with Crippen molar-refractivity contribution in [3.63, 3.8) is 0 Å². The number of H-pyrrole nitrogens is 1. The molecular weight excluding hydrogens is 312 g/mol. The van der Waals surface area contributed by atoms with E-state index in [1.807, 2.05) is 21.7 Å². The highest BCUT2D eigenvalue weighted by Gasteiger charge is 2.33. The molecule has 0 bridgehead atoms. The molecule has 2 saturated heterocycles. The number of thiophene rings is 1. The van der Waals surface area contributed by atoms with Crippen LogP contribution in [0.4, 0.5) is 0 Å². The van der Waals surface area contributed by atoms with Crippen LogP contribution in [0.15, 0.2) is 16.8 Å². The van der Waals surface area contributed by atoms with Crippen molar-refractivity contribution in [1.82, 2.24) is 20.1 Å². The molecule has 7 heteroatoms. The number of aromatic nitrogens is 3. The SMILES string of the molecule is O=C(c1ccsc1)N1CCC[C@H]1c1nc(C2CCOCC2)n[nH]1. The van der Waals surface area contributed by atoms with Crippen LogP contribution >= 0.6 is 11.3 Å². The molecule has 2 aliphatic rings. The Balaban J connectivity index is 1.52. The van der Waals surface area contributed by atoms with Crippen molar-refractivity contribution < 1.29 is 9.53 Å². The predicted molar refractivity (Wildman–Crippen MR) is 86.5 cm³/mol. The van der Waals surface area contributed by atoms with Gasteiger partial charge in [0.15, 0.2) is 5.82 Å². The van der Waals surface area contributed by atoms with Gasteiger partial charge in [-0.15, -0.1) is 0 Å². The number of hydrogen-bond donors (Lipinski definition) is 1. The molecule has 2 aromatic rings. The number of amides is 1. The van der Waals surface area contributed by atoms with Gasteiger partial charge in [0.2, 0.25) is 0 Å². The Morgan fingerprint density at radius 1 is 1.35 bits per heavy atom. The quantitative estimate of drug-likeness (QED) is 0.938. The minimum absolute atomic E-state index is 0.0171. The summed E-state index contributed by atoms with van der Waals surface area (Å²) in [6.07, 6.45) is 3.89. The zero-order valence-corrected chi connectivity index (χ0v) is 13.7. The standard InChI is InChI=1S/C16H20N4O2S/c21-16(12-5-9-23-10-12)20-6-1-2-13(20)15-17-14(18-19-15)11-3-7-22-8-4-11/h5,9-11,13H,1-4,6-8H2,(H,17,18,19)/t13-/m0/s1. The van der Waals surface area contributed by atoms with Crippen LogP contribution in [0, 0.1) is 0 Å². The Morgan fingerprint density at radius 2 is 2.22 bits per heavy atom. The van der Waals surface area contributed by atoms with Gasteiger partial charge < -0.3 is 9.64 Å². The van der Waals surface area contributed by atoms with Crippen molar-refractivity contribution in [3.05, 3.63) is 34.0 Å². The Labute approximate surface area is 138 Å². The van der Waals surface area contributed by atoms with Gasteiger partial charge in [0.05, 0.1) is 11.6 Å². The number of nitrogens with one attached hydrogen (secondary N) is 1. The second-order valence-electron chi connectivity index (χ2n) is 6.13. The highest BCUT2D eigenvalue weighted by atomic mass is 32.1. The topological polar surface area (TPSA) is 71.1 Å². The van der Waals surface area contributed by atoms with Gasteiger partial charge in [-0.05, 0) is 37.1 Å². The van der Waals surface area contributed by atoms with Crippen LogP contribution in [0.2, 0.25) is 0 Å². The lowest BCUT2D eigenvalue weighted by Gasteiger charge is -2.22. The minimum Gasteiger partial charge on any atom is -0.381 e. The summed E-state index contributed by atoms with van der Waals surface area (Å²) in [5.74, 6) is 2.17. The lowest BCUT2D eigenvalue weighted by atomic mass is 10.00. The molecule has 4 rings (SSSR count). The zero-order chi connectivity index (χ0) is 15.6. The van der Waals surface area contributed by atoms with Crippen LogP contribution < -0.4 is 0 Å². The summed E-state index contributed by atoms with van der Waals surface area (Å²) in [6.45, 7) is 2.34. The molecule has 23 heavy (non-hydrogen) atoms. The first-order valence-electron chi connectivity index (χ1n) is 8.16. The molecular formula is C16H20N4O2S. The smallest absolute Gasteiger partial charge is 0.255 e. The molecule has 0 aliphatic carbocycles. The summed E-state index contributed by atoms with van der Waals surface area (Å²) in [5.41, 5.74) is 0.770. The van der Waals surface area contributed by atoms with Crippen LogP contribution in [0.3, 0.4) is 0 Å². The van der Waals surface area contributed by atoms with E-state index >= 15 is 0 Å². The van der Waals surface area contributed by atoms with Gasteiger partial charge in [-0.3, -0.25) is 9.89 Å². The molecule has 2 fully saturated rings. The molecule has 122 valence electrons. The first kappa shape index (κ1) is 14.8. The number of likely N-dealkylation sites (tertiary alicyclic amines) is 1. The Kier molecular flexibility index (Phi) is 4.13. The molecule has 1 amide bonds. The Hall–Kier alpha value is -1.73. The van der Waals surface area contributed by atoms with E-state index in [4.69, 9.17) is 9.72 Å². The molecule has 6 nitrogen and oxygen atoms in total. The Morgan fingerprint density at radius 3 is 3.00 bits per heavy atom. The van der Waals surface area contributed by atoms with Gasteiger partial charge in [-0.2, -0.15) is 16.4 Å². The van der Waals surface area contributed by atoms with Crippen molar-refractivity contribution in [1.29, 1.82) is 0 Å². The highest BCUT2D eigenvalue weighted by Crippen LogP contribution is 2.33. The third-order valence-electron chi connectivity index (χ3n) is 4.70. The average Bonchev–Trinajstić information content (AvgIpc) is 3.35. The molecule has 1 N–H and O–H groups in total. The van der Waals surface area contributed by atoms with Gasteiger partial charge in [0, 0.05) is 31.1 Å². The lowest BCUT2D eigenvalue weighted by Crippen LogP contribution is -2.30. The second-order valence-corrected chi connectivity index (χ2v) is 6.91. The van der Waals surface area contributed by atoms with E-state index in [9.17, 15) is 4.79 Å². The fourth-order valence-corrected chi connectivity index (χ4v) is 4.05. The van der Waals surface area contributed by atoms with Gasteiger partial charge in [0.25, 0.3) is 5.91 Å². The van der Waals surface area contributed by atoms with Crippen LogP contribution in [0.25, 0.3) is 0 Å². The number of hydrogen-bond acceptors (Lipinski definition) is 5. The first-order chi connectivity index (χ1) is 11.3.